The van der Waals surface area contributed by atoms with Gasteiger partial charge in [0.05, 0.1) is 12.6 Å². The van der Waals surface area contributed by atoms with E-state index in [9.17, 15) is 13.6 Å². The fraction of sp³-hybridized carbons (Fsp3) is 0.316. The predicted octanol–water partition coefficient (Wildman–Crippen LogP) is 4.34. The topological polar surface area (TPSA) is 29.5 Å². The first-order valence-corrected chi connectivity index (χ1v) is 8.08. The highest BCUT2D eigenvalue weighted by molar-refractivity contribution is 5.94. The molecule has 3 nitrogen and oxygen atoms in total. The molecule has 1 fully saturated rings. The van der Waals surface area contributed by atoms with Gasteiger partial charge in [0.2, 0.25) is 0 Å². The number of rotatable bonds is 4. The summed E-state index contributed by atoms with van der Waals surface area (Å²) in [5.41, 5.74) is 1.05. The average Bonchev–Trinajstić information content (AvgIpc) is 3.04. The Labute approximate surface area is 139 Å². The van der Waals surface area contributed by atoms with Crippen molar-refractivity contribution in [2.75, 3.05) is 13.2 Å². The van der Waals surface area contributed by atoms with Crippen LogP contribution in [0, 0.1) is 11.6 Å². The molecule has 0 aromatic heterocycles. The lowest BCUT2D eigenvalue weighted by molar-refractivity contribution is 0.0734. The molecule has 1 aliphatic rings. The Bertz CT molecular complexity index is 710. The van der Waals surface area contributed by atoms with E-state index in [0.29, 0.717) is 13.2 Å². The van der Waals surface area contributed by atoms with Crippen LogP contribution in [-0.4, -0.2) is 24.0 Å². The Hall–Kier alpha value is -2.43. The van der Waals surface area contributed by atoms with Crippen molar-refractivity contribution in [1.29, 1.82) is 0 Å². The minimum absolute atomic E-state index is 0.0466. The van der Waals surface area contributed by atoms with E-state index in [1.807, 2.05) is 31.2 Å². The fourth-order valence-corrected chi connectivity index (χ4v) is 3.15. The molecule has 0 aliphatic carbocycles. The number of amides is 1. The standard InChI is InChI=1S/C19H19F2NO2/c1-2-24-17-7-5-13(6-8-17)18-4-3-9-22(18)19(23)14-10-15(20)12-16(21)11-14/h5-8,10-12,18H,2-4,9H2,1H3. The van der Waals surface area contributed by atoms with Crippen molar-refractivity contribution in [2.24, 2.45) is 0 Å². The molecule has 1 heterocycles. The molecule has 0 spiro atoms. The molecule has 126 valence electrons. The highest BCUT2D eigenvalue weighted by Gasteiger charge is 2.31. The first-order valence-electron chi connectivity index (χ1n) is 8.08. The van der Waals surface area contributed by atoms with Crippen LogP contribution in [0.1, 0.15) is 41.7 Å². The van der Waals surface area contributed by atoms with Crippen LogP contribution >= 0.6 is 0 Å². The first-order chi connectivity index (χ1) is 11.6. The third kappa shape index (κ3) is 3.40. The molecule has 0 bridgehead atoms. The van der Waals surface area contributed by atoms with Crippen molar-refractivity contribution in [1.82, 2.24) is 4.90 Å². The maximum Gasteiger partial charge on any atom is 0.254 e. The normalized spacial score (nSPS) is 17.1. The summed E-state index contributed by atoms with van der Waals surface area (Å²) >= 11 is 0. The van der Waals surface area contributed by atoms with Crippen molar-refractivity contribution in [3.63, 3.8) is 0 Å². The SMILES string of the molecule is CCOc1ccc(C2CCCN2C(=O)c2cc(F)cc(F)c2)cc1. The average molecular weight is 331 g/mol. The van der Waals surface area contributed by atoms with Gasteiger partial charge in [-0.1, -0.05) is 12.1 Å². The zero-order chi connectivity index (χ0) is 17.1. The molecule has 1 amide bonds. The lowest BCUT2D eigenvalue weighted by atomic mass is 10.0. The van der Waals surface area contributed by atoms with Gasteiger partial charge in [-0.3, -0.25) is 4.79 Å². The Morgan fingerprint density at radius 3 is 2.46 bits per heavy atom. The molecule has 1 unspecified atom stereocenters. The fourth-order valence-electron chi connectivity index (χ4n) is 3.15. The van der Waals surface area contributed by atoms with E-state index < -0.39 is 11.6 Å². The van der Waals surface area contributed by atoms with Crippen LogP contribution in [0.4, 0.5) is 8.78 Å². The smallest absolute Gasteiger partial charge is 0.254 e. The number of nitrogens with zero attached hydrogens (tertiary/aromatic N) is 1. The van der Waals surface area contributed by atoms with Crippen molar-refractivity contribution in [3.05, 3.63) is 65.2 Å². The van der Waals surface area contributed by atoms with Crippen molar-refractivity contribution >= 4 is 5.91 Å². The summed E-state index contributed by atoms with van der Waals surface area (Å²) in [7, 11) is 0. The van der Waals surface area contributed by atoms with Crippen LogP contribution in [0.3, 0.4) is 0 Å². The second-order valence-electron chi connectivity index (χ2n) is 5.82. The van der Waals surface area contributed by atoms with Gasteiger partial charge in [-0.2, -0.15) is 0 Å². The zero-order valence-corrected chi connectivity index (χ0v) is 13.5. The Morgan fingerprint density at radius 1 is 1.17 bits per heavy atom. The number of hydrogen-bond acceptors (Lipinski definition) is 2. The third-order valence-electron chi connectivity index (χ3n) is 4.20. The minimum Gasteiger partial charge on any atom is -0.494 e. The highest BCUT2D eigenvalue weighted by atomic mass is 19.1. The maximum absolute atomic E-state index is 13.4. The molecular formula is C19H19F2NO2. The Morgan fingerprint density at radius 2 is 1.83 bits per heavy atom. The van der Waals surface area contributed by atoms with Gasteiger partial charge in [0.15, 0.2) is 0 Å². The van der Waals surface area contributed by atoms with Gasteiger partial charge < -0.3 is 9.64 Å². The second kappa shape index (κ2) is 6.99. The summed E-state index contributed by atoms with van der Waals surface area (Å²) in [6.07, 6.45) is 1.69. The van der Waals surface area contributed by atoms with Gasteiger partial charge in [0.25, 0.3) is 5.91 Å². The van der Waals surface area contributed by atoms with E-state index in [1.165, 1.54) is 0 Å². The second-order valence-corrected chi connectivity index (χ2v) is 5.82. The van der Waals surface area contributed by atoms with E-state index in [1.54, 1.807) is 4.90 Å². The summed E-state index contributed by atoms with van der Waals surface area (Å²) in [6.45, 7) is 3.09. The van der Waals surface area contributed by atoms with E-state index in [4.69, 9.17) is 4.74 Å². The van der Waals surface area contributed by atoms with Crippen LogP contribution in [0.2, 0.25) is 0 Å². The van der Waals surface area contributed by atoms with E-state index in [0.717, 1.165) is 42.4 Å². The van der Waals surface area contributed by atoms with Crippen LogP contribution in [0.5, 0.6) is 5.75 Å². The zero-order valence-electron chi connectivity index (χ0n) is 13.5. The van der Waals surface area contributed by atoms with Crippen LogP contribution in [0.25, 0.3) is 0 Å². The quantitative estimate of drug-likeness (QED) is 0.834. The molecular weight excluding hydrogens is 312 g/mol. The highest BCUT2D eigenvalue weighted by Crippen LogP contribution is 2.34. The Kier molecular flexibility index (Phi) is 4.79. The van der Waals surface area contributed by atoms with Crippen LogP contribution in [-0.2, 0) is 0 Å². The number of likely N-dealkylation sites (tertiary alicyclic amines) is 1. The van der Waals surface area contributed by atoms with E-state index in [2.05, 4.69) is 0 Å². The van der Waals surface area contributed by atoms with Gasteiger partial charge >= 0.3 is 0 Å². The molecule has 0 saturated carbocycles. The van der Waals surface area contributed by atoms with Crippen molar-refractivity contribution in [3.8, 4) is 5.75 Å². The minimum atomic E-state index is -0.741. The van der Waals surface area contributed by atoms with Crippen LogP contribution in [0.15, 0.2) is 42.5 Å². The molecule has 1 saturated heterocycles. The van der Waals surface area contributed by atoms with Gasteiger partial charge in [-0.15, -0.1) is 0 Å². The van der Waals surface area contributed by atoms with Gasteiger partial charge in [0.1, 0.15) is 17.4 Å². The van der Waals surface area contributed by atoms with Gasteiger partial charge in [-0.25, -0.2) is 8.78 Å². The molecule has 3 rings (SSSR count). The van der Waals surface area contributed by atoms with Crippen LogP contribution < -0.4 is 4.74 Å². The molecule has 24 heavy (non-hydrogen) atoms. The number of carbonyl (C=O) groups is 1. The van der Waals surface area contributed by atoms with Crippen molar-refractivity contribution < 1.29 is 18.3 Å². The number of halogens is 2. The lowest BCUT2D eigenvalue weighted by Crippen LogP contribution is -2.30. The number of benzene rings is 2. The first kappa shape index (κ1) is 16.4. The molecule has 0 N–H and O–H groups in total. The summed E-state index contributed by atoms with van der Waals surface area (Å²) in [5.74, 6) is -1.04. The third-order valence-corrected chi connectivity index (χ3v) is 4.20. The molecule has 5 heteroatoms. The van der Waals surface area contributed by atoms with E-state index >= 15 is 0 Å². The predicted molar refractivity (Wildman–Crippen MR) is 87.0 cm³/mol. The summed E-state index contributed by atoms with van der Waals surface area (Å²) in [4.78, 5) is 14.4. The largest absolute Gasteiger partial charge is 0.494 e. The van der Waals surface area contributed by atoms with Gasteiger partial charge in [0, 0.05) is 18.2 Å². The molecule has 1 atom stereocenters. The summed E-state index contributed by atoms with van der Waals surface area (Å²) < 4.78 is 32.2. The molecule has 2 aromatic rings. The molecule has 1 aliphatic heterocycles. The molecule has 0 radical (unpaired) electrons. The maximum atomic E-state index is 13.4. The van der Waals surface area contributed by atoms with Gasteiger partial charge in [-0.05, 0) is 49.6 Å². The number of ether oxygens (including phenoxy) is 1. The summed E-state index contributed by atoms with van der Waals surface area (Å²) in [6, 6.07) is 10.5. The number of carbonyl (C=O) groups excluding carboxylic acids is 1. The van der Waals surface area contributed by atoms with E-state index in [-0.39, 0.29) is 17.5 Å². The summed E-state index contributed by atoms with van der Waals surface area (Å²) in [5, 5.41) is 0. The molecule has 2 aromatic carbocycles. The Balaban J connectivity index is 1.83. The lowest BCUT2D eigenvalue weighted by Gasteiger charge is -2.25. The monoisotopic (exact) mass is 331 g/mol. The number of hydrogen-bond donors (Lipinski definition) is 0. The van der Waals surface area contributed by atoms with Crippen molar-refractivity contribution in [2.45, 2.75) is 25.8 Å².